The summed E-state index contributed by atoms with van der Waals surface area (Å²) in [4.78, 5) is 22.9. The molecule has 4 N–H and O–H groups in total. The minimum absolute atomic E-state index is 0.0304. The number of nitrogens with one attached hydrogen (secondary N) is 1. The Morgan fingerprint density at radius 1 is 1.36 bits per heavy atom. The number of methoxy groups -OCH3 is 1. The molecule has 0 aromatic heterocycles. The maximum atomic E-state index is 11.8. The van der Waals surface area contributed by atoms with Gasteiger partial charge in [-0.1, -0.05) is 6.07 Å². The lowest BCUT2D eigenvalue weighted by Crippen LogP contribution is -2.27. The van der Waals surface area contributed by atoms with Crippen LogP contribution in [0.4, 0.5) is 10.5 Å². The van der Waals surface area contributed by atoms with Crippen LogP contribution in [0.1, 0.15) is 32.3 Å². The summed E-state index contributed by atoms with van der Waals surface area (Å²) in [6.45, 7) is 5.24. The molecule has 1 unspecified atom stereocenters. The van der Waals surface area contributed by atoms with E-state index in [0.29, 0.717) is 17.0 Å². The molecule has 22 heavy (non-hydrogen) atoms. The fourth-order valence-electron chi connectivity index (χ4n) is 1.82. The number of ether oxygens (including phenoxy) is 2. The van der Waals surface area contributed by atoms with Crippen LogP contribution in [0, 0.1) is 0 Å². The van der Waals surface area contributed by atoms with Gasteiger partial charge < -0.3 is 20.3 Å². The minimum atomic E-state index is -1.02. The Labute approximate surface area is 129 Å². The van der Waals surface area contributed by atoms with Gasteiger partial charge in [0.2, 0.25) is 0 Å². The lowest BCUT2D eigenvalue weighted by Gasteiger charge is -2.20. The molecule has 0 fully saturated rings. The molecule has 0 spiro atoms. The predicted octanol–water partition coefficient (Wildman–Crippen LogP) is 2.17. The molecule has 7 heteroatoms. The summed E-state index contributed by atoms with van der Waals surface area (Å²) in [5, 5.41) is 11.7. The van der Waals surface area contributed by atoms with E-state index >= 15 is 0 Å². The fraction of sp³-hybridized carbons (Fsp3) is 0.467. The van der Waals surface area contributed by atoms with E-state index in [-0.39, 0.29) is 6.54 Å². The van der Waals surface area contributed by atoms with Gasteiger partial charge in [0.05, 0.1) is 18.7 Å². The zero-order chi connectivity index (χ0) is 16.9. The lowest BCUT2D eigenvalue weighted by molar-refractivity contribution is -0.138. The first kappa shape index (κ1) is 17.8. The van der Waals surface area contributed by atoms with Crippen LogP contribution in [-0.2, 0) is 9.53 Å². The maximum absolute atomic E-state index is 11.8. The van der Waals surface area contributed by atoms with E-state index < -0.39 is 23.6 Å². The Morgan fingerprint density at radius 2 is 2.00 bits per heavy atom. The van der Waals surface area contributed by atoms with Gasteiger partial charge in [-0.15, -0.1) is 0 Å². The molecule has 1 rings (SSSR count). The van der Waals surface area contributed by atoms with Gasteiger partial charge in [0.25, 0.3) is 0 Å². The molecule has 0 bridgehead atoms. The highest BCUT2D eigenvalue weighted by Gasteiger charge is 2.21. The number of carbonyl (C=O) groups is 2. The zero-order valence-electron chi connectivity index (χ0n) is 13.2. The number of hydrogen-bond acceptors (Lipinski definition) is 5. The number of rotatable bonds is 5. The van der Waals surface area contributed by atoms with E-state index in [4.69, 9.17) is 20.3 Å². The number of nitrogens with two attached hydrogens (primary N) is 1. The molecule has 1 aromatic carbocycles. The molecule has 1 amide bonds. The third-order valence-corrected chi connectivity index (χ3v) is 2.80. The first-order chi connectivity index (χ1) is 10.2. The highest BCUT2D eigenvalue weighted by atomic mass is 16.6. The number of carboxylic acid groups (broad SMARTS) is 1. The van der Waals surface area contributed by atoms with Gasteiger partial charge in [0.15, 0.2) is 0 Å². The molecular weight excluding hydrogens is 288 g/mol. The summed E-state index contributed by atoms with van der Waals surface area (Å²) in [7, 11) is 1.43. The van der Waals surface area contributed by atoms with Gasteiger partial charge in [-0.05, 0) is 38.5 Å². The van der Waals surface area contributed by atoms with E-state index in [2.05, 4.69) is 5.32 Å². The molecule has 1 aromatic rings. The number of benzene rings is 1. The third-order valence-electron chi connectivity index (χ3n) is 2.80. The van der Waals surface area contributed by atoms with Gasteiger partial charge in [0, 0.05) is 6.54 Å². The van der Waals surface area contributed by atoms with Crippen LogP contribution in [0.15, 0.2) is 18.2 Å². The molecule has 0 radical (unpaired) electrons. The maximum Gasteiger partial charge on any atom is 0.412 e. The van der Waals surface area contributed by atoms with Crippen molar-refractivity contribution in [2.24, 2.45) is 5.73 Å². The van der Waals surface area contributed by atoms with Gasteiger partial charge in [0.1, 0.15) is 11.4 Å². The number of hydrogen-bond donors (Lipinski definition) is 3. The summed E-state index contributed by atoms with van der Waals surface area (Å²) < 4.78 is 10.3. The lowest BCUT2D eigenvalue weighted by atomic mass is 9.99. The Kier molecular flexibility index (Phi) is 5.76. The van der Waals surface area contributed by atoms with Gasteiger partial charge in [-0.3, -0.25) is 10.1 Å². The molecule has 122 valence electrons. The smallest absolute Gasteiger partial charge is 0.412 e. The van der Waals surface area contributed by atoms with Crippen LogP contribution >= 0.6 is 0 Å². The number of carbonyl (C=O) groups excluding carboxylic acids is 1. The molecule has 0 saturated heterocycles. The zero-order valence-corrected chi connectivity index (χ0v) is 13.2. The molecular formula is C15H22N2O5. The number of amides is 1. The van der Waals surface area contributed by atoms with E-state index in [1.165, 1.54) is 7.11 Å². The Morgan fingerprint density at radius 3 is 2.45 bits per heavy atom. The Balaban J connectivity index is 2.99. The van der Waals surface area contributed by atoms with Crippen LogP contribution in [-0.4, -0.2) is 36.4 Å². The highest BCUT2D eigenvalue weighted by Crippen LogP contribution is 2.29. The van der Waals surface area contributed by atoms with Crippen molar-refractivity contribution >= 4 is 17.7 Å². The average molecular weight is 310 g/mol. The first-order valence-electron chi connectivity index (χ1n) is 6.78. The van der Waals surface area contributed by atoms with Crippen molar-refractivity contribution < 1.29 is 24.2 Å². The first-order valence-corrected chi connectivity index (χ1v) is 6.78. The number of carboxylic acids is 1. The second-order valence-electron chi connectivity index (χ2n) is 5.71. The quantitative estimate of drug-likeness (QED) is 0.768. The second-order valence-corrected chi connectivity index (χ2v) is 5.71. The number of anilines is 1. The second kappa shape index (κ2) is 7.13. The standard InChI is InChI=1S/C15H22N2O5/c1-15(2,3)22-14(20)17-11-6-5-9(7-12(11)21-4)10(8-16)13(18)19/h5-7,10H,8,16H2,1-4H3,(H,17,20)(H,18,19). The van der Waals surface area contributed by atoms with Crippen molar-refractivity contribution in [2.75, 3.05) is 19.0 Å². The molecule has 0 saturated carbocycles. The molecule has 0 aliphatic rings. The fourth-order valence-corrected chi connectivity index (χ4v) is 1.82. The number of aliphatic carboxylic acids is 1. The monoisotopic (exact) mass is 310 g/mol. The van der Waals surface area contributed by atoms with Crippen LogP contribution in [0.25, 0.3) is 0 Å². The summed E-state index contributed by atoms with van der Waals surface area (Å²) in [6, 6.07) is 4.68. The highest BCUT2D eigenvalue weighted by molar-refractivity contribution is 5.87. The summed E-state index contributed by atoms with van der Waals surface area (Å²) in [6.07, 6.45) is -0.618. The van der Waals surface area contributed by atoms with Crippen molar-refractivity contribution in [1.82, 2.24) is 0 Å². The van der Waals surface area contributed by atoms with Crippen LogP contribution in [0.3, 0.4) is 0 Å². The summed E-state index contributed by atoms with van der Waals surface area (Å²) in [5.41, 5.74) is 5.75. The van der Waals surface area contributed by atoms with Crippen molar-refractivity contribution in [3.05, 3.63) is 23.8 Å². The third kappa shape index (κ3) is 4.92. The van der Waals surface area contributed by atoms with E-state index in [0.717, 1.165) is 0 Å². The van der Waals surface area contributed by atoms with Gasteiger partial charge in [-0.25, -0.2) is 4.79 Å². The average Bonchev–Trinajstić information content (AvgIpc) is 2.38. The van der Waals surface area contributed by atoms with E-state index in [1.54, 1.807) is 39.0 Å². The van der Waals surface area contributed by atoms with Crippen molar-refractivity contribution in [3.8, 4) is 5.75 Å². The van der Waals surface area contributed by atoms with Crippen LogP contribution < -0.4 is 15.8 Å². The van der Waals surface area contributed by atoms with Gasteiger partial charge >= 0.3 is 12.1 Å². The molecule has 0 heterocycles. The Bertz CT molecular complexity index is 551. The predicted molar refractivity (Wildman–Crippen MR) is 82.3 cm³/mol. The normalized spacial score (nSPS) is 12.4. The van der Waals surface area contributed by atoms with E-state index in [9.17, 15) is 9.59 Å². The minimum Gasteiger partial charge on any atom is -0.495 e. The van der Waals surface area contributed by atoms with Crippen LogP contribution in [0.5, 0.6) is 5.75 Å². The van der Waals surface area contributed by atoms with Crippen molar-refractivity contribution in [2.45, 2.75) is 32.3 Å². The molecule has 7 nitrogen and oxygen atoms in total. The van der Waals surface area contributed by atoms with Crippen LogP contribution in [0.2, 0.25) is 0 Å². The summed E-state index contributed by atoms with van der Waals surface area (Å²) >= 11 is 0. The van der Waals surface area contributed by atoms with E-state index in [1.807, 2.05) is 0 Å². The molecule has 1 atom stereocenters. The Hall–Kier alpha value is -2.28. The molecule has 0 aliphatic heterocycles. The van der Waals surface area contributed by atoms with Crippen molar-refractivity contribution in [3.63, 3.8) is 0 Å². The largest absolute Gasteiger partial charge is 0.495 e. The van der Waals surface area contributed by atoms with Gasteiger partial charge in [-0.2, -0.15) is 0 Å². The topological polar surface area (TPSA) is 111 Å². The molecule has 0 aliphatic carbocycles. The van der Waals surface area contributed by atoms with Crippen molar-refractivity contribution in [1.29, 1.82) is 0 Å². The summed E-state index contributed by atoms with van der Waals surface area (Å²) in [5.74, 6) is -1.51. The SMILES string of the molecule is COc1cc(C(CN)C(=O)O)ccc1NC(=O)OC(C)(C)C.